The number of ether oxygens (including phenoxy) is 4. The summed E-state index contributed by atoms with van der Waals surface area (Å²) in [4.78, 5) is 73.0. The number of phosphoric acid groups is 2. The molecule has 0 aliphatic carbocycles. The minimum Gasteiger partial charge on any atom is -0.462 e. The number of rotatable bonds is 82. The summed E-state index contributed by atoms with van der Waals surface area (Å²) >= 11 is 0. The Hall–Kier alpha value is -1.94. The van der Waals surface area contributed by atoms with E-state index in [1.54, 1.807) is 0 Å². The SMILES string of the molecule is CCCCCCCCCCCCCCCCCCCCCCC(=O)OC[C@H](COP(=O)(O)OC[C@@H](O)COP(=O)(O)OC[C@@H](COC(=O)CCCCCCCCCCC)OC(=O)CCCCCCCCCCC(C)CC)OC(=O)CCCCCCCCCCCCCCCCCCCCC(C)C. The highest BCUT2D eigenvalue weighted by Crippen LogP contribution is 2.45. The third-order valence-corrected chi connectivity index (χ3v) is 21.7. The van der Waals surface area contributed by atoms with Crippen molar-refractivity contribution in [1.29, 1.82) is 0 Å². The van der Waals surface area contributed by atoms with Crippen molar-refractivity contribution >= 4 is 39.5 Å². The molecule has 0 bridgehead atoms. The van der Waals surface area contributed by atoms with E-state index < -0.39 is 97.5 Å². The smallest absolute Gasteiger partial charge is 0.462 e. The Balaban J connectivity index is 5.19. The third-order valence-electron chi connectivity index (χ3n) is 19.8. The summed E-state index contributed by atoms with van der Waals surface area (Å²) in [5, 5.41) is 10.6. The highest BCUT2D eigenvalue weighted by Gasteiger charge is 2.30. The number of hydrogen-bond acceptors (Lipinski definition) is 15. The van der Waals surface area contributed by atoms with Gasteiger partial charge in [0.15, 0.2) is 12.2 Å². The average Bonchev–Trinajstić information content (AvgIpc) is 0.930. The molecule has 3 unspecified atom stereocenters. The number of esters is 4. The minimum atomic E-state index is -4.96. The van der Waals surface area contributed by atoms with Crippen LogP contribution in [0.5, 0.6) is 0 Å². The molecule has 0 fully saturated rings. The van der Waals surface area contributed by atoms with Crippen molar-refractivity contribution in [2.45, 2.75) is 458 Å². The van der Waals surface area contributed by atoms with E-state index in [4.69, 9.17) is 37.0 Å². The van der Waals surface area contributed by atoms with Crippen LogP contribution >= 0.6 is 15.6 Å². The number of aliphatic hydroxyl groups excluding tert-OH is 1. The van der Waals surface area contributed by atoms with Gasteiger partial charge in [-0.25, -0.2) is 9.13 Å². The van der Waals surface area contributed by atoms with Crippen molar-refractivity contribution in [3.63, 3.8) is 0 Å². The highest BCUT2D eigenvalue weighted by atomic mass is 31.2. The van der Waals surface area contributed by atoms with E-state index in [0.717, 1.165) is 102 Å². The Morgan fingerprint density at radius 1 is 0.284 bits per heavy atom. The Morgan fingerprint density at radius 2 is 0.500 bits per heavy atom. The first-order valence-electron chi connectivity index (χ1n) is 43.0. The number of carbonyl (C=O) groups excluding carboxylic acids is 4. The summed E-state index contributed by atoms with van der Waals surface area (Å²) < 4.78 is 68.7. The van der Waals surface area contributed by atoms with Crippen LogP contribution in [0.15, 0.2) is 0 Å². The van der Waals surface area contributed by atoms with Gasteiger partial charge in [0.05, 0.1) is 26.4 Å². The molecule has 0 aromatic carbocycles. The predicted molar refractivity (Wildman–Crippen MR) is 418 cm³/mol. The second-order valence-corrected chi connectivity index (χ2v) is 33.5. The fraction of sp³-hybridized carbons (Fsp3) is 0.952. The van der Waals surface area contributed by atoms with Crippen LogP contribution < -0.4 is 0 Å². The van der Waals surface area contributed by atoms with E-state index in [0.29, 0.717) is 25.7 Å². The maximum atomic E-state index is 13.1. The van der Waals surface area contributed by atoms with Gasteiger partial charge >= 0.3 is 39.5 Å². The lowest BCUT2D eigenvalue weighted by Gasteiger charge is -2.21. The van der Waals surface area contributed by atoms with Gasteiger partial charge in [-0.3, -0.25) is 37.3 Å². The first kappa shape index (κ1) is 100. The zero-order chi connectivity index (χ0) is 74.9. The van der Waals surface area contributed by atoms with Crippen LogP contribution in [0, 0.1) is 11.8 Å². The van der Waals surface area contributed by atoms with Crippen molar-refractivity contribution < 1.29 is 80.2 Å². The second kappa shape index (κ2) is 74.5. The molecular weight excluding hydrogens is 1330 g/mol. The molecule has 0 aromatic heterocycles. The zero-order valence-electron chi connectivity index (χ0n) is 66.9. The largest absolute Gasteiger partial charge is 0.472 e. The fourth-order valence-corrected chi connectivity index (χ4v) is 14.4. The first-order valence-corrected chi connectivity index (χ1v) is 46.0. The first-order chi connectivity index (χ1) is 49.4. The molecule has 0 aromatic rings. The van der Waals surface area contributed by atoms with Crippen LogP contribution in [0.2, 0.25) is 0 Å². The molecule has 17 nitrogen and oxygen atoms in total. The monoisotopic (exact) mass is 1490 g/mol. The molecule has 0 aliphatic heterocycles. The Labute approximate surface area is 626 Å². The van der Waals surface area contributed by atoms with Gasteiger partial charge in [-0.2, -0.15) is 0 Å². The van der Waals surface area contributed by atoms with Crippen molar-refractivity contribution in [2.75, 3.05) is 39.6 Å². The third kappa shape index (κ3) is 74.9. The maximum Gasteiger partial charge on any atom is 0.472 e. The van der Waals surface area contributed by atoms with E-state index in [-0.39, 0.29) is 25.7 Å². The molecule has 19 heteroatoms. The number of phosphoric ester groups is 2. The molecule has 3 N–H and O–H groups in total. The summed E-state index contributed by atoms with van der Waals surface area (Å²) in [5.74, 6) is -0.520. The molecule has 0 heterocycles. The predicted octanol–water partition coefficient (Wildman–Crippen LogP) is 25.1. The molecular formula is C83H162O17P2. The lowest BCUT2D eigenvalue weighted by molar-refractivity contribution is -0.161. The summed E-state index contributed by atoms with van der Waals surface area (Å²) in [7, 11) is -9.92. The summed E-state index contributed by atoms with van der Waals surface area (Å²) in [6, 6.07) is 0. The van der Waals surface area contributed by atoms with E-state index >= 15 is 0 Å². The van der Waals surface area contributed by atoms with Gasteiger partial charge in [0.2, 0.25) is 0 Å². The quantitative estimate of drug-likeness (QED) is 0.0222. The van der Waals surface area contributed by atoms with Gasteiger partial charge in [-0.05, 0) is 37.5 Å². The van der Waals surface area contributed by atoms with Crippen molar-refractivity contribution in [3.8, 4) is 0 Å². The van der Waals surface area contributed by atoms with Crippen molar-refractivity contribution in [3.05, 3.63) is 0 Å². The molecule has 606 valence electrons. The minimum absolute atomic E-state index is 0.105. The van der Waals surface area contributed by atoms with Gasteiger partial charge in [-0.15, -0.1) is 0 Å². The second-order valence-electron chi connectivity index (χ2n) is 30.6. The van der Waals surface area contributed by atoms with E-state index in [9.17, 15) is 43.2 Å². The van der Waals surface area contributed by atoms with E-state index in [1.807, 2.05) is 0 Å². The van der Waals surface area contributed by atoms with Gasteiger partial charge in [-0.1, -0.05) is 388 Å². The maximum absolute atomic E-state index is 13.1. The number of carbonyl (C=O) groups is 4. The lowest BCUT2D eigenvalue weighted by Crippen LogP contribution is -2.30. The van der Waals surface area contributed by atoms with Crippen LogP contribution in [0.3, 0.4) is 0 Å². The molecule has 0 saturated carbocycles. The Bertz CT molecular complexity index is 1960. The number of aliphatic hydroxyl groups is 1. The zero-order valence-corrected chi connectivity index (χ0v) is 68.7. The molecule has 0 amide bonds. The molecule has 0 spiro atoms. The molecule has 0 radical (unpaired) electrons. The van der Waals surface area contributed by atoms with Crippen LogP contribution in [0.25, 0.3) is 0 Å². The molecule has 0 saturated heterocycles. The van der Waals surface area contributed by atoms with E-state index in [1.165, 1.54) is 257 Å². The van der Waals surface area contributed by atoms with Crippen molar-refractivity contribution in [1.82, 2.24) is 0 Å². The highest BCUT2D eigenvalue weighted by molar-refractivity contribution is 7.47. The van der Waals surface area contributed by atoms with Crippen LogP contribution in [-0.2, 0) is 65.4 Å². The van der Waals surface area contributed by atoms with Gasteiger partial charge in [0.1, 0.15) is 19.3 Å². The molecule has 6 atom stereocenters. The molecule has 102 heavy (non-hydrogen) atoms. The Kier molecular flexibility index (Phi) is 73.1. The summed E-state index contributed by atoms with van der Waals surface area (Å²) in [6.45, 7) is 9.66. The summed E-state index contributed by atoms with van der Waals surface area (Å²) in [6.07, 6.45) is 65.4. The van der Waals surface area contributed by atoms with Gasteiger partial charge < -0.3 is 33.8 Å². The fourth-order valence-electron chi connectivity index (χ4n) is 12.9. The number of hydrogen-bond donors (Lipinski definition) is 3. The standard InChI is InChI=1S/C83H162O17P2/c1-7-10-12-14-16-18-19-20-21-22-23-24-28-31-34-37-41-48-54-60-66-81(86)94-72-78(99-82(87)67-61-55-49-42-38-35-32-29-26-25-27-30-33-36-40-45-51-57-63-75(4)5)73-97-101(89,90)95-69-77(84)70-96-102(91,92)98-74-79(71-93-80(85)65-59-53-47-39-17-15-13-11-8-2)100-83(88)68-62-56-50-44-43-46-52-58-64-76(6)9-3/h75-79,84H,7-74H2,1-6H3,(H,89,90)(H,91,92)/t76?,77-,78-,79-/m1/s1. The Morgan fingerprint density at radius 3 is 0.745 bits per heavy atom. The van der Waals surface area contributed by atoms with Crippen LogP contribution in [-0.4, -0.2) is 96.7 Å². The van der Waals surface area contributed by atoms with Gasteiger partial charge in [0, 0.05) is 25.7 Å². The van der Waals surface area contributed by atoms with E-state index in [2.05, 4.69) is 41.5 Å². The summed E-state index contributed by atoms with van der Waals surface area (Å²) in [5.41, 5.74) is 0. The topological polar surface area (TPSA) is 237 Å². The molecule has 0 rings (SSSR count). The molecule has 0 aliphatic rings. The lowest BCUT2D eigenvalue weighted by atomic mass is 9.99. The van der Waals surface area contributed by atoms with Crippen LogP contribution in [0.1, 0.15) is 440 Å². The van der Waals surface area contributed by atoms with Crippen molar-refractivity contribution in [2.24, 2.45) is 11.8 Å². The average molecular weight is 1490 g/mol. The van der Waals surface area contributed by atoms with Crippen LogP contribution in [0.4, 0.5) is 0 Å². The van der Waals surface area contributed by atoms with Gasteiger partial charge in [0.25, 0.3) is 0 Å². The normalized spacial score (nSPS) is 14.1. The number of unbranched alkanes of at least 4 members (excludes halogenated alkanes) is 51.